The van der Waals surface area contributed by atoms with Gasteiger partial charge in [-0.05, 0) is 79.3 Å². The molecule has 0 aliphatic heterocycles. The van der Waals surface area contributed by atoms with Crippen LogP contribution in [0.2, 0.25) is 0 Å². The standard InChI is InChI=1S/C27H30F8O2/c1-2-3-4-5-17-6-9-19(10-7-17)20-15-22(29)25(23(30)16-20)26(31,32)36-13-12-18-8-11-24(21(28)14-18)37-27(33,34)35/h8,11,14-17,19H,2-7,9-10,12-13H2,1H3. The van der Waals surface area contributed by atoms with Gasteiger partial charge in [0.25, 0.3) is 0 Å². The van der Waals surface area contributed by atoms with E-state index in [4.69, 9.17) is 0 Å². The van der Waals surface area contributed by atoms with Gasteiger partial charge in [0.05, 0.1) is 6.61 Å². The van der Waals surface area contributed by atoms with Gasteiger partial charge in [-0.15, -0.1) is 13.2 Å². The molecule has 0 spiro atoms. The van der Waals surface area contributed by atoms with Gasteiger partial charge in [-0.2, -0.15) is 8.78 Å². The lowest BCUT2D eigenvalue weighted by Gasteiger charge is -2.29. The molecule has 0 saturated heterocycles. The first kappa shape index (κ1) is 29.2. The molecule has 0 aromatic heterocycles. The van der Waals surface area contributed by atoms with Gasteiger partial charge >= 0.3 is 12.5 Å². The lowest BCUT2D eigenvalue weighted by molar-refractivity contribution is -0.275. The van der Waals surface area contributed by atoms with Crippen molar-refractivity contribution in [1.29, 1.82) is 0 Å². The second-order valence-electron chi connectivity index (χ2n) is 9.50. The minimum absolute atomic E-state index is 0.0319. The fraction of sp³-hybridized carbons (Fsp3) is 0.556. The van der Waals surface area contributed by atoms with Crippen molar-refractivity contribution in [2.45, 2.75) is 83.1 Å². The first-order valence-corrected chi connectivity index (χ1v) is 12.4. The Morgan fingerprint density at radius 3 is 2.05 bits per heavy atom. The van der Waals surface area contributed by atoms with Crippen molar-refractivity contribution in [3.8, 4) is 5.75 Å². The molecule has 2 nitrogen and oxygen atoms in total. The molecule has 0 bridgehead atoms. The fourth-order valence-electron chi connectivity index (χ4n) is 4.85. The molecule has 1 fully saturated rings. The molecule has 2 aromatic rings. The highest BCUT2D eigenvalue weighted by Gasteiger charge is 2.40. The van der Waals surface area contributed by atoms with Gasteiger partial charge in [-0.3, -0.25) is 0 Å². The molecule has 0 heterocycles. The summed E-state index contributed by atoms with van der Waals surface area (Å²) in [6.07, 6.45) is -1.79. The minimum Gasteiger partial charge on any atom is -0.403 e. The number of halogens is 8. The van der Waals surface area contributed by atoms with E-state index in [1.807, 2.05) is 0 Å². The number of ether oxygens (including phenoxy) is 2. The normalized spacial score (nSPS) is 18.7. The quantitative estimate of drug-likeness (QED) is 0.210. The first-order valence-electron chi connectivity index (χ1n) is 12.4. The van der Waals surface area contributed by atoms with E-state index < -0.39 is 47.8 Å². The zero-order valence-corrected chi connectivity index (χ0v) is 20.5. The molecule has 1 aliphatic rings. The maximum atomic E-state index is 14.7. The van der Waals surface area contributed by atoms with E-state index >= 15 is 0 Å². The Kier molecular flexibility index (Phi) is 9.83. The fourth-order valence-corrected chi connectivity index (χ4v) is 4.85. The van der Waals surface area contributed by atoms with Crippen LogP contribution < -0.4 is 4.74 Å². The monoisotopic (exact) mass is 538 g/mol. The lowest BCUT2D eigenvalue weighted by Crippen LogP contribution is -2.24. The molecule has 0 amide bonds. The van der Waals surface area contributed by atoms with Crippen molar-refractivity contribution in [2.75, 3.05) is 6.61 Å². The first-order chi connectivity index (χ1) is 17.4. The van der Waals surface area contributed by atoms with Gasteiger partial charge in [0.2, 0.25) is 0 Å². The van der Waals surface area contributed by atoms with Crippen LogP contribution in [0.3, 0.4) is 0 Å². The summed E-state index contributed by atoms with van der Waals surface area (Å²) in [7, 11) is 0. The molecular formula is C27H30F8O2. The number of rotatable bonds is 11. The van der Waals surface area contributed by atoms with Crippen LogP contribution in [0.4, 0.5) is 35.1 Å². The highest BCUT2D eigenvalue weighted by atomic mass is 19.4. The summed E-state index contributed by atoms with van der Waals surface area (Å²) in [5, 5.41) is 0. The van der Waals surface area contributed by atoms with Crippen molar-refractivity contribution in [3.63, 3.8) is 0 Å². The molecule has 37 heavy (non-hydrogen) atoms. The molecule has 206 valence electrons. The molecule has 2 aromatic carbocycles. The van der Waals surface area contributed by atoms with E-state index in [9.17, 15) is 35.1 Å². The molecule has 3 rings (SSSR count). The summed E-state index contributed by atoms with van der Waals surface area (Å²) in [5.41, 5.74) is -1.13. The van der Waals surface area contributed by atoms with E-state index in [0.29, 0.717) is 23.6 Å². The molecule has 0 unspecified atom stereocenters. The molecule has 1 saturated carbocycles. The number of alkyl halides is 5. The molecule has 1 aliphatic carbocycles. The SMILES string of the molecule is CCCCCC1CCC(c2cc(F)c(C(F)(F)OCCc3ccc(OC(F)(F)F)c(F)c3)c(F)c2)CC1. The summed E-state index contributed by atoms with van der Waals surface area (Å²) in [5.74, 6) is -4.76. The smallest absolute Gasteiger partial charge is 0.403 e. The third-order valence-corrected chi connectivity index (χ3v) is 6.79. The predicted octanol–water partition coefficient (Wildman–Crippen LogP) is 9.17. The maximum Gasteiger partial charge on any atom is 0.573 e. The zero-order valence-electron chi connectivity index (χ0n) is 20.5. The van der Waals surface area contributed by atoms with E-state index in [2.05, 4.69) is 16.4 Å². The van der Waals surface area contributed by atoms with Crippen LogP contribution in [-0.2, 0) is 17.3 Å². The van der Waals surface area contributed by atoms with Crippen LogP contribution in [0.1, 0.15) is 80.9 Å². The van der Waals surface area contributed by atoms with Gasteiger partial charge in [0.15, 0.2) is 11.6 Å². The van der Waals surface area contributed by atoms with Crippen molar-refractivity contribution in [3.05, 3.63) is 64.5 Å². The second kappa shape index (κ2) is 12.5. The molecular weight excluding hydrogens is 508 g/mol. The Morgan fingerprint density at radius 1 is 0.838 bits per heavy atom. The van der Waals surface area contributed by atoms with Gasteiger partial charge in [0.1, 0.15) is 17.2 Å². The Morgan fingerprint density at radius 2 is 1.49 bits per heavy atom. The van der Waals surface area contributed by atoms with Crippen LogP contribution in [0.15, 0.2) is 30.3 Å². The number of benzene rings is 2. The minimum atomic E-state index is -5.09. The molecule has 0 atom stereocenters. The molecule has 10 heteroatoms. The van der Waals surface area contributed by atoms with Crippen LogP contribution in [0.5, 0.6) is 5.75 Å². The average molecular weight is 539 g/mol. The summed E-state index contributed by atoms with van der Waals surface area (Å²) < 4.78 is 117. The number of unbranched alkanes of at least 4 members (excludes halogenated alkanes) is 2. The second-order valence-corrected chi connectivity index (χ2v) is 9.50. The number of hydrogen-bond acceptors (Lipinski definition) is 2. The summed E-state index contributed by atoms with van der Waals surface area (Å²) in [4.78, 5) is 0. The number of hydrogen-bond donors (Lipinski definition) is 0. The molecule has 0 radical (unpaired) electrons. The van der Waals surface area contributed by atoms with Gasteiger partial charge in [-0.1, -0.05) is 38.7 Å². The topological polar surface area (TPSA) is 18.5 Å². The maximum absolute atomic E-state index is 14.7. The Labute approximate surface area is 211 Å². The molecule has 0 N–H and O–H groups in total. The van der Waals surface area contributed by atoms with Crippen molar-refractivity contribution in [2.24, 2.45) is 5.92 Å². The Balaban J connectivity index is 1.59. The largest absolute Gasteiger partial charge is 0.573 e. The van der Waals surface area contributed by atoms with Crippen molar-refractivity contribution in [1.82, 2.24) is 0 Å². The van der Waals surface area contributed by atoms with Crippen LogP contribution in [0.25, 0.3) is 0 Å². The van der Waals surface area contributed by atoms with Crippen molar-refractivity contribution < 1.29 is 44.6 Å². The highest BCUT2D eigenvalue weighted by molar-refractivity contribution is 5.31. The summed E-state index contributed by atoms with van der Waals surface area (Å²) in [6.45, 7) is 1.37. The third kappa shape index (κ3) is 8.32. The zero-order chi connectivity index (χ0) is 27.2. The van der Waals surface area contributed by atoms with Crippen LogP contribution in [0, 0.1) is 23.4 Å². The van der Waals surface area contributed by atoms with Gasteiger partial charge in [0, 0.05) is 0 Å². The predicted molar refractivity (Wildman–Crippen MR) is 122 cm³/mol. The van der Waals surface area contributed by atoms with Crippen LogP contribution >= 0.6 is 0 Å². The van der Waals surface area contributed by atoms with Gasteiger partial charge < -0.3 is 9.47 Å². The van der Waals surface area contributed by atoms with E-state index in [1.54, 1.807) is 0 Å². The van der Waals surface area contributed by atoms with Gasteiger partial charge in [-0.25, -0.2) is 13.2 Å². The summed E-state index contributed by atoms with van der Waals surface area (Å²) >= 11 is 0. The summed E-state index contributed by atoms with van der Waals surface area (Å²) in [6, 6.07) is 4.29. The third-order valence-electron chi connectivity index (χ3n) is 6.79. The lowest BCUT2D eigenvalue weighted by atomic mass is 9.77. The van der Waals surface area contributed by atoms with Crippen LogP contribution in [-0.4, -0.2) is 13.0 Å². The van der Waals surface area contributed by atoms with E-state index in [-0.39, 0.29) is 17.9 Å². The highest BCUT2D eigenvalue weighted by Crippen LogP contribution is 2.41. The average Bonchev–Trinajstić information content (AvgIpc) is 2.80. The van der Waals surface area contributed by atoms with E-state index in [1.165, 1.54) is 6.42 Å². The van der Waals surface area contributed by atoms with E-state index in [0.717, 1.165) is 63.1 Å². The Bertz CT molecular complexity index is 1010. The van der Waals surface area contributed by atoms with Crippen molar-refractivity contribution >= 4 is 0 Å². The Hall–Kier alpha value is -2.36.